The summed E-state index contributed by atoms with van der Waals surface area (Å²) in [4.78, 5) is 27.2. The average molecular weight is 425 g/mol. The number of H-pyrrole nitrogens is 1. The number of carbonyl (C=O) groups excluding carboxylic acids is 1. The number of aromatic amines is 1. The largest absolute Gasteiger partial charge is 0.494 e. The van der Waals surface area contributed by atoms with Crippen molar-refractivity contribution in [1.29, 1.82) is 0 Å². The second-order valence-corrected chi connectivity index (χ2v) is 7.76. The van der Waals surface area contributed by atoms with E-state index in [1.807, 2.05) is 63.2 Å². The molecule has 3 rings (SSSR count). The molecule has 156 valence electrons. The number of amides is 1. The van der Waals surface area contributed by atoms with Crippen LogP contribution in [0.4, 0.5) is 5.69 Å². The highest BCUT2D eigenvalue weighted by molar-refractivity contribution is 7.99. The first-order chi connectivity index (χ1) is 14.4. The van der Waals surface area contributed by atoms with Gasteiger partial charge in [0.05, 0.1) is 12.4 Å². The summed E-state index contributed by atoms with van der Waals surface area (Å²) in [7, 11) is 0. The molecule has 0 aliphatic heterocycles. The lowest BCUT2D eigenvalue weighted by molar-refractivity contribution is -0.113. The van der Waals surface area contributed by atoms with E-state index in [0.29, 0.717) is 23.9 Å². The van der Waals surface area contributed by atoms with Crippen LogP contribution in [0.25, 0.3) is 0 Å². The van der Waals surface area contributed by atoms with Gasteiger partial charge >= 0.3 is 0 Å². The maximum absolute atomic E-state index is 12.3. The number of thioether (sulfide) groups is 1. The van der Waals surface area contributed by atoms with E-state index in [0.717, 1.165) is 34.3 Å². The van der Waals surface area contributed by atoms with Gasteiger partial charge in [0.1, 0.15) is 11.4 Å². The molecule has 1 aromatic heterocycles. The number of aryl methyl sites for hydroxylation is 2. The van der Waals surface area contributed by atoms with Gasteiger partial charge in [0, 0.05) is 12.1 Å². The van der Waals surface area contributed by atoms with E-state index < -0.39 is 0 Å². The van der Waals surface area contributed by atoms with E-state index in [2.05, 4.69) is 20.5 Å². The Balaban J connectivity index is 1.56. The van der Waals surface area contributed by atoms with Gasteiger partial charge in [-0.1, -0.05) is 30.0 Å². The third-order valence-corrected chi connectivity index (χ3v) is 5.34. The fraction of sp³-hybridized carbons (Fsp3) is 0.273. The van der Waals surface area contributed by atoms with E-state index in [1.165, 1.54) is 5.56 Å². The van der Waals surface area contributed by atoms with Crippen LogP contribution < -0.4 is 15.6 Å². The molecular formula is C22H24N4O3S. The number of anilines is 1. The molecule has 0 bridgehead atoms. The van der Waals surface area contributed by atoms with Crippen molar-refractivity contribution in [3.63, 3.8) is 0 Å². The lowest BCUT2D eigenvalue weighted by Crippen LogP contribution is -2.19. The quantitative estimate of drug-likeness (QED) is 0.537. The first-order valence-corrected chi connectivity index (χ1v) is 10.6. The lowest BCUT2D eigenvalue weighted by atomic mass is 10.1. The third kappa shape index (κ3) is 5.93. The van der Waals surface area contributed by atoms with Gasteiger partial charge in [0.25, 0.3) is 5.56 Å². The Bertz CT molecular complexity index is 1080. The van der Waals surface area contributed by atoms with Gasteiger partial charge in [-0.3, -0.25) is 14.6 Å². The minimum atomic E-state index is -0.309. The van der Waals surface area contributed by atoms with Gasteiger partial charge in [-0.2, -0.15) is 0 Å². The topological polar surface area (TPSA) is 97.0 Å². The number of carbonyl (C=O) groups is 1. The van der Waals surface area contributed by atoms with E-state index in [4.69, 9.17) is 4.74 Å². The fourth-order valence-corrected chi connectivity index (χ4v) is 3.34. The van der Waals surface area contributed by atoms with Crippen molar-refractivity contribution in [1.82, 2.24) is 15.2 Å². The van der Waals surface area contributed by atoms with Crippen LogP contribution in [0.1, 0.15) is 29.3 Å². The Kier molecular flexibility index (Phi) is 7.24. The molecular weight excluding hydrogens is 400 g/mol. The number of ether oxygens (including phenoxy) is 1. The third-order valence-electron chi connectivity index (χ3n) is 4.48. The van der Waals surface area contributed by atoms with Crippen molar-refractivity contribution in [2.24, 2.45) is 0 Å². The van der Waals surface area contributed by atoms with Crippen LogP contribution in [0.5, 0.6) is 5.75 Å². The Hall–Kier alpha value is -3.13. The number of nitrogens with zero attached hydrogens (tertiary/aromatic N) is 2. The Labute approximate surface area is 179 Å². The molecule has 0 radical (unpaired) electrons. The van der Waals surface area contributed by atoms with Gasteiger partial charge in [-0.05, 0) is 61.7 Å². The number of hydrogen-bond acceptors (Lipinski definition) is 6. The summed E-state index contributed by atoms with van der Waals surface area (Å²) >= 11 is 1.13. The molecule has 30 heavy (non-hydrogen) atoms. The predicted molar refractivity (Wildman–Crippen MR) is 118 cm³/mol. The van der Waals surface area contributed by atoms with Crippen molar-refractivity contribution in [3.05, 3.63) is 75.2 Å². The lowest BCUT2D eigenvalue weighted by Gasteiger charge is -2.07. The highest BCUT2D eigenvalue weighted by Crippen LogP contribution is 2.16. The number of hydrogen-bond donors (Lipinski definition) is 2. The smallest absolute Gasteiger partial charge is 0.273 e. The number of aromatic nitrogens is 3. The summed E-state index contributed by atoms with van der Waals surface area (Å²) < 4.78 is 5.41. The molecule has 0 saturated carbocycles. The first kappa shape index (κ1) is 21.6. The monoisotopic (exact) mass is 424 g/mol. The van der Waals surface area contributed by atoms with Crippen LogP contribution in [0.3, 0.4) is 0 Å². The predicted octanol–water partition coefficient (Wildman–Crippen LogP) is 3.50. The van der Waals surface area contributed by atoms with Crippen LogP contribution in [-0.4, -0.2) is 33.4 Å². The highest BCUT2D eigenvalue weighted by atomic mass is 32.2. The van der Waals surface area contributed by atoms with Crippen LogP contribution in [0, 0.1) is 13.8 Å². The number of nitrogens with one attached hydrogen (secondary N) is 2. The molecule has 0 saturated heterocycles. The molecule has 0 fully saturated rings. The molecule has 0 unspecified atom stereocenters. The molecule has 2 N–H and O–H groups in total. The van der Waals surface area contributed by atoms with E-state index >= 15 is 0 Å². The average Bonchev–Trinajstić information content (AvgIpc) is 2.72. The molecule has 2 aromatic carbocycles. The molecule has 3 aromatic rings. The molecule has 0 atom stereocenters. The van der Waals surface area contributed by atoms with Gasteiger partial charge in [-0.25, -0.2) is 0 Å². The van der Waals surface area contributed by atoms with Crippen LogP contribution in [-0.2, 0) is 11.2 Å². The van der Waals surface area contributed by atoms with Gasteiger partial charge in [0.15, 0.2) is 5.16 Å². The second kappa shape index (κ2) is 10.1. The molecule has 1 amide bonds. The van der Waals surface area contributed by atoms with Gasteiger partial charge in [-0.15, -0.1) is 10.2 Å². The Morgan fingerprint density at radius 1 is 1.10 bits per heavy atom. The summed E-state index contributed by atoms with van der Waals surface area (Å²) in [5.41, 5.74) is 3.97. The van der Waals surface area contributed by atoms with Gasteiger partial charge < -0.3 is 10.1 Å². The van der Waals surface area contributed by atoms with Crippen molar-refractivity contribution in [3.8, 4) is 5.75 Å². The standard InChI is InChI=1S/C22H24N4O3S/c1-4-29-18-9-6-16(7-10-18)12-19-21(28)24-22(26-25-19)30-13-20(27)23-17-8-5-14(2)15(3)11-17/h5-11H,4,12-13H2,1-3H3,(H,23,27)(H,24,26,28). The molecule has 0 spiro atoms. The van der Waals surface area contributed by atoms with Crippen molar-refractivity contribution < 1.29 is 9.53 Å². The zero-order valence-electron chi connectivity index (χ0n) is 17.2. The number of benzene rings is 2. The van der Waals surface area contributed by atoms with Gasteiger partial charge in [0.2, 0.25) is 5.91 Å². The normalized spacial score (nSPS) is 10.6. The van der Waals surface area contributed by atoms with E-state index in [9.17, 15) is 9.59 Å². The summed E-state index contributed by atoms with van der Waals surface area (Å²) in [6.07, 6.45) is 0.368. The second-order valence-electron chi connectivity index (χ2n) is 6.80. The maximum atomic E-state index is 12.3. The minimum absolute atomic E-state index is 0.121. The highest BCUT2D eigenvalue weighted by Gasteiger charge is 2.10. The summed E-state index contributed by atoms with van der Waals surface area (Å²) in [5.74, 6) is 0.729. The minimum Gasteiger partial charge on any atom is -0.494 e. The van der Waals surface area contributed by atoms with Crippen molar-refractivity contribution >= 4 is 23.4 Å². The molecule has 0 aliphatic rings. The zero-order chi connectivity index (χ0) is 21.5. The van der Waals surface area contributed by atoms with Crippen LogP contribution >= 0.6 is 11.8 Å². The van der Waals surface area contributed by atoms with Crippen LogP contribution in [0.15, 0.2) is 52.4 Å². The Morgan fingerprint density at radius 3 is 2.53 bits per heavy atom. The van der Waals surface area contributed by atoms with Crippen LogP contribution in [0.2, 0.25) is 0 Å². The SMILES string of the molecule is CCOc1ccc(Cc2nnc(SCC(=O)Nc3ccc(C)c(C)c3)[nH]c2=O)cc1. The Morgan fingerprint density at radius 2 is 1.87 bits per heavy atom. The van der Waals surface area contributed by atoms with E-state index in [-0.39, 0.29) is 17.2 Å². The molecule has 8 heteroatoms. The fourth-order valence-electron chi connectivity index (χ4n) is 2.74. The number of rotatable bonds is 8. The molecule has 7 nitrogen and oxygen atoms in total. The zero-order valence-corrected chi connectivity index (χ0v) is 18.0. The first-order valence-electron chi connectivity index (χ1n) is 9.62. The maximum Gasteiger partial charge on any atom is 0.273 e. The van der Waals surface area contributed by atoms with E-state index in [1.54, 1.807) is 0 Å². The molecule has 0 aliphatic carbocycles. The summed E-state index contributed by atoms with van der Waals surface area (Å²) in [6.45, 7) is 6.54. The summed E-state index contributed by atoms with van der Waals surface area (Å²) in [5, 5.41) is 11.2. The summed E-state index contributed by atoms with van der Waals surface area (Å²) in [6, 6.07) is 13.3. The van der Waals surface area contributed by atoms with Crippen molar-refractivity contribution in [2.75, 3.05) is 17.7 Å². The molecule has 1 heterocycles. The van der Waals surface area contributed by atoms with Crippen molar-refractivity contribution in [2.45, 2.75) is 32.3 Å².